The number of nitriles is 1. The average Bonchev–Trinajstić information content (AvgIpc) is 2.97. The Labute approximate surface area is 266 Å². The van der Waals surface area contributed by atoms with E-state index in [4.69, 9.17) is 9.47 Å². The summed E-state index contributed by atoms with van der Waals surface area (Å²) in [5.74, 6) is -1.15. The molecule has 0 aliphatic rings. The second kappa shape index (κ2) is 14.9. The number of amides is 3. The molecule has 0 radical (unpaired) electrons. The molecule has 0 bridgehead atoms. The van der Waals surface area contributed by atoms with Gasteiger partial charge in [-0.15, -0.1) is 0 Å². The molecule has 0 aliphatic carbocycles. The van der Waals surface area contributed by atoms with Crippen molar-refractivity contribution in [2.45, 2.75) is 89.8 Å². The van der Waals surface area contributed by atoms with Crippen molar-refractivity contribution in [1.82, 2.24) is 16.0 Å². The van der Waals surface area contributed by atoms with Crippen LogP contribution >= 0.6 is 0 Å². The normalized spacial score (nSPS) is 13.8. The monoisotopic (exact) mass is 612 g/mol. The van der Waals surface area contributed by atoms with E-state index in [1.54, 1.807) is 27.7 Å². The minimum absolute atomic E-state index is 0.344. The van der Waals surface area contributed by atoms with Gasteiger partial charge in [-0.05, 0) is 65.2 Å². The molecule has 3 N–H and O–H groups in total. The molecule has 3 aromatic rings. The third-order valence-electron chi connectivity index (χ3n) is 6.75. The third-order valence-corrected chi connectivity index (χ3v) is 6.75. The zero-order valence-electron chi connectivity index (χ0n) is 27.1. The van der Waals surface area contributed by atoms with E-state index in [2.05, 4.69) is 16.0 Å². The van der Waals surface area contributed by atoms with Gasteiger partial charge >= 0.3 is 12.0 Å². The molecule has 0 spiro atoms. The minimum Gasteiger partial charge on any atom is -0.458 e. The molecule has 0 heterocycles. The van der Waals surface area contributed by atoms with Crippen molar-refractivity contribution < 1.29 is 23.9 Å². The van der Waals surface area contributed by atoms with Crippen molar-refractivity contribution in [3.8, 4) is 6.07 Å². The Morgan fingerprint density at radius 1 is 0.733 bits per heavy atom. The first-order chi connectivity index (χ1) is 21.1. The second-order valence-electron chi connectivity index (χ2n) is 12.8. The van der Waals surface area contributed by atoms with Crippen molar-refractivity contribution in [2.75, 3.05) is 0 Å². The molecule has 0 fully saturated rings. The van der Waals surface area contributed by atoms with E-state index in [9.17, 15) is 19.6 Å². The van der Waals surface area contributed by atoms with Crippen molar-refractivity contribution in [1.29, 1.82) is 5.26 Å². The summed E-state index contributed by atoms with van der Waals surface area (Å²) in [6, 6.07) is 27.5. The largest absolute Gasteiger partial charge is 0.458 e. The van der Waals surface area contributed by atoms with Crippen LogP contribution in [-0.2, 0) is 24.6 Å². The van der Waals surface area contributed by atoms with Crippen molar-refractivity contribution in [3.05, 3.63) is 108 Å². The Morgan fingerprint density at radius 2 is 1.18 bits per heavy atom. The molecule has 238 valence electrons. The Hall–Kier alpha value is -4.68. The molecule has 0 saturated carbocycles. The quantitative estimate of drug-likeness (QED) is 0.191. The molecule has 3 atom stereocenters. The number of esters is 1. The number of rotatable bonds is 11. The number of urea groups is 1. The fourth-order valence-corrected chi connectivity index (χ4v) is 5.06. The molecule has 9 heteroatoms. The first kappa shape index (κ1) is 34.8. The highest BCUT2D eigenvalue weighted by Crippen LogP contribution is 2.37. The lowest BCUT2D eigenvalue weighted by atomic mass is 9.77. The molecule has 1 unspecified atom stereocenters. The predicted octanol–water partition coefficient (Wildman–Crippen LogP) is 5.59. The minimum atomic E-state index is -1.21. The number of hydrogen-bond acceptors (Lipinski definition) is 6. The van der Waals surface area contributed by atoms with Crippen LogP contribution in [0.4, 0.5) is 4.79 Å². The molecular weight excluding hydrogens is 568 g/mol. The molecule has 45 heavy (non-hydrogen) atoms. The first-order valence-electron chi connectivity index (χ1n) is 15.0. The number of hydrogen-bond donors (Lipinski definition) is 3. The molecule has 0 aromatic heterocycles. The van der Waals surface area contributed by atoms with Crippen LogP contribution in [0.3, 0.4) is 0 Å². The molecule has 9 nitrogen and oxygen atoms in total. The predicted molar refractivity (Wildman–Crippen MR) is 173 cm³/mol. The van der Waals surface area contributed by atoms with Crippen molar-refractivity contribution in [2.24, 2.45) is 0 Å². The highest BCUT2D eigenvalue weighted by atomic mass is 16.6. The van der Waals surface area contributed by atoms with Crippen LogP contribution in [0.5, 0.6) is 0 Å². The maximum Gasteiger partial charge on any atom is 0.331 e. The fourth-order valence-electron chi connectivity index (χ4n) is 5.06. The van der Waals surface area contributed by atoms with Gasteiger partial charge in [0.15, 0.2) is 6.04 Å². The topological polar surface area (TPSA) is 130 Å². The van der Waals surface area contributed by atoms with Gasteiger partial charge in [0.25, 0.3) is 0 Å². The Morgan fingerprint density at radius 3 is 1.56 bits per heavy atom. The molecule has 0 saturated heterocycles. The van der Waals surface area contributed by atoms with E-state index in [0.717, 1.165) is 16.7 Å². The van der Waals surface area contributed by atoms with Gasteiger partial charge in [-0.25, -0.2) is 9.59 Å². The zero-order valence-corrected chi connectivity index (χ0v) is 27.1. The summed E-state index contributed by atoms with van der Waals surface area (Å²) in [6.07, 6.45) is -1.10. The van der Waals surface area contributed by atoms with E-state index in [-0.39, 0.29) is 6.42 Å². The third kappa shape index (κ3) is 9.91. The van der Waals surface area contributed by atoms with Crippen LogP contribution in [0.1, 0.15) is 71.6 Å². The number of nitrogens with one attached hydrogen (secondary N) is 3. The first-order valence-corrected chi connectivity index (χ1v) is 15.0. The van der Waals surface area contributed by atoms with E-state index < -0.39 is 52.8 Å². The number of benzene rings is 3. The molecule has 0 aliphatic heterocycles. The standard InChI is InChI=1S/C36H44N4O5/c1-25(44-34(2,3)4)31(32(42)45-35(5,6)7)39-33(43)38-29(24-37)23-30(41)40-36(26-17-11-8-12-18-26,27-19-13-9-14-20-27)28-21-15-10-16-22-28/h8-22,25,29,31H,23H2,1-7H3,(H,40,41)(H2,38,39,43)/t25?,29-,31-/m0/s1. The van der Waals surface area contributed by atoms with Gasteiger partial charge in [0.05, 0.1) is 24.2 Å². The molecule has 3 amide bonds. The fraction of sp³-hybridized carbons (Fsp3) is 0.389. The average molecular weight is 613 g/mol. The lowest BCUT2D eigenvalue weighted by molar-refractivity contribution is -0.164. The molecule has 3 aromatic carbocycles. The van der Waals surface area contributed by atoms with Gasteiger partial charge in [0.2, 0.25) is 5.91 Å². The van der Waals surface area contributed by atoms with E-state index in [1.807, 2.05) is 118 Å². The maximum absolute atomic E-state index is 13.8. The second-order valence-corrected chi connectivity index (χ2v) is 12.8. The Bertz CT molecular complexity index is 1360. The Kier molecular flexibility index (Phi) is 11.5. The highest BCUT2D eigenvalue weighted by molar-refractivity contribution is 5.85. The highest BCUT2D eigenvalue weighted by Gasteiger charge is 2.39. The van der Waals surface area contributed by atoms with Gasteiger partial charge in [0, 0.05) is 0 Å². The van der Waals surface area contributed by atoms with Crippen molar-refractivity contribution in [3.63, 3.8) is 0 Å². The zero-order chi connectivity index (χ0) is 33.3. The van der Waals surface area contributed by atoms with Crippen LogP contribution in [0.25, 0.3) is 0 Å². The summed E-state index contributed by atoms with van der Waals surface area (Å²) in [5, 5.41) is 18.3. The number of ether oxygens (including phenoxy) is 2. The van der Waals surface area contributed by atoms with Crippen LogP contribution in [0.2, 0.25) is 0 Å². The van der Waals surface area contributed by atoms with Crippen LogP contribution < -0.4 is 16.0 Å². The lowest BCUT2D eigenvalue weighted by Crippen LogP contribution is -2.56. The summed E-state index contributed by atoms with van der Waals surface area (Å²) in [6.45, 7) is 12.3. The van der Waals surface area contributed by atoms with Gasteiger partial charge in [0.1, 0.15) is 17.2 Å². The van der Waals surface area contributed by atoms with Crippen LogP contribution in [-0.4, -0.2) is 47.3 Å². The van der Waals surface area contributed by atoms with Gasteiger partial charge in [-0.3, -0.25) is 4.79 Å². The van der Waals surface area contributed by atoms with Gasteiger partial charge in [-0.2, -0.15) is 5.26 Å². The number of nitrogens with zero attached hydrogens (tertiary/aromatic N) is 1. The molecule has 3 rings (SSSR count). The van der Waals surface area contributed by atoms with E-state index in [0.29, 0.717) is 0 Å². The lowest BCUT2D eigenvalue weighted by Gasteiger charge is -2.37. The summed E-state index contributed by atoms with van der Waals surface area (Å²) in [7, 11) is 0. The SMILES string of the molecule is CC(OC(C)(C)C)[C@H](NC(=O)N[C@H](C#N)CC(=O)NC(c1ccccc1)(c1ccccc1)c1ccccc1)C(=O)OC(C)(C)C. The van der Waals surface area contributed by atoms with E-state index >= 15 is 0 Å². The number of carbonyl (C=O) groups excluding carboxylic acids is 3. The molecular formula is C36H44N4O5. The summed E-state index contributed by atoms with van der Waals surface area (Å²) >= 11 is 0. The summed E-state index contributed by atoms with van der Waals surface area (Å²) in [5.41, 5.74) is -0.0160. The summed E-state index contributed by atoms with van der Waals surface area (Å²) < 4.78 is 11.5. The van der Waals surface area contributed by atoms with Gasteiger partial charge < -0.3 is 25.4 Å². The summed E-state index contributed by atoms with van der Waals surface area (Å²) in [4.78, 5) is 39.9. The van der Waals surface area contributed by atoms with Crippen LogP contribution in [0, 0.1) is 11.3 Å². The Balaban J connectivity index is 1.85. The van der Waals surface area contributed by atoms with Gasteiger partial charge in [-0.1, -0.05) is 91.0 Å². The van der Waals surface area contributed by atoms with Crippen molar-refractivity contribution >= 4 is 17.9 Å². The van der Waals surface area contributed by atoms with Crippen LogP contribution in [0.15, 0.2) is 91.0 Å². The van der Waals surface area contributed by atoms with E-state index in [1.165, 1.54) is 0 Å². The smallest absolute Gasteiger partial charge is 0.331 e. The number of carbonyl (C=O) groups is 3. The maximum atomic E-state index is 13.8.